The van der Waals surface area contributed by atoms with Gasteiger partial charge in [0.05, 0.1) is 5.56 Å². The van der Waals surface area contributed by atoms with Crippen LogP contribution in [0, 0.1) is 6.92 Å². The number of carbonyl (C=O) groups is 1. The summed E-state index contributed by atoms with van der Waals surface area (Å²) in [6.45, 7) is 3.54. The Morgan fingerprint density at radius 2 is 2.04 bits per heavy atom. The molecule has 1 heterocycles. The van der Waals surface area contributed by atoms with E-state index in [4.69, 9.17) is 11.6 Å². The number of benzene rings is 1. The van der Waals surface area contributed by atoms with Crippen LogP contribution in [0.2, 0.25) is 5.02 Å². The highest BCUT2D eigenvalue weighted by atomic mass is 35.5. The van der Waals surface area contributed by atoms with Crippen LogP contribution in [0.25, 0.3) is 0 Å². The average molecular weight is 347 g/mol. The van der Waals surface area contributed by atoms with E-state index in [1.54, 1.807) is 18.3 Å². The molecule has 2 aromatic rings. The van der Waals surface area contributed by atoms with Crippen LogP contribution in [-0.2, 0) is 0 Å². The zero-order chi connectivity index (χ0) is 17.5. The van der Waals surface area contributed by atoms with Crippen LogP contribution in [0.5, 0.6) is 0 Å². The van der Waals surface area contributed by atoms with Gasteiger partial charge in [-0.25, -0.2) is 4.98 Å². The molecular formula is C18H23ClN4O. The molecule has 0 unspecified atom stereocenters. The van der Waals surface area contributed by atoms with Gasteiger partial charge in [0.25, 0.3) is 5.91 Å². The maximum Gasteiger partial charge on any atom is 0.252 e. The van der Waals surface area contributed by atoms with Crippen LogP contribution in [0.3, 0.4) is 0 Å². The molecule has 1 aromatic heterocycles. The standard InChI is InChI=1S/C18H23ClN4O/c1-13-15(19)6-4-7-16(13)22-17-9-8-14(12-21-17)18(24)20-10-5-11-23(2)3/h4,6-9,12H,5,10-11H2,1-3H3,(H,20,24)(H,21,22). The Kier molecular flexibility index (Phi) is 6.58. The minimum absolute atomic E-state index is 0.105. The summed E-state index contributed by atoms with van der Waals surface area (Å²) < 4.78 is 0. The molecule has 2 N–H and O–H groups in total. The fourth-order valence-corrected chi connectivity index (χ4v) is 2.36. The minimum atomic E-state index is -0.105. The SMILES string of the molecule is Cc1c(Cl)cccc1Nc1ccc(C(=O)NCCCN(C)C)cn1. The molecule has 0 aliphatic carbocycles. The fourth-order valence-electron chi connectivity index (χ4n) is 2.18. The molecule has 0 aliphatic heterocycles. The monoisotopic (exact) mass is 346 g/mol. The van der Waals surface area contributed by atoms with Crippen LogP contribution in [0.15, 0.2) is 36.5 Å². The molecule has 0 spiro atoms. The predicted molar refractivity (Wildman–Crippen MR) is 99.2 cm³/mol. The first-order valence-corrected chi connectivity index (χ1v) is 8.26. The third-order valence-corrected chi connectivity index (χ3v) is 4.03. The van der Waals surface area contributed by atoms with E-state index in [1.165, 1.54) is 0 Å². The highest BCUT2D eigenvalue weighted by Gasteiger charge is 2.07. The van der Waals surface area contributed by atoms with E-state index in [0.717, 1.165) is 24.2 Å². The Labute approximate surface area is 148 Å². The Morgan fingerprint density at radius 3 is 2.71 bits per heavy atom. The highest BCUT2D eigenvalue weighted by molar-refractivity contribution is 6.31. The van der Waals surface area contributed by atoms with Crippen molar-refractivity contribution in [2.24, 2.45) is 0 Å². The number of nitrogens with one attached hydrogen (secondary N) is 2. The first kappa shape index (κ1) is 18.2. The van der Waals surface area contributed by atoms with Crippen LogP contribution in [-0.4, -0.2) is 43.0 Å². The van der Waals surface area contributed by atoms with E-state index in [0.29, 0.717) is 22.9 Å². The maximum atomic E-state index is 12.1. The lowest BCUT2D eigenvalue weighted by molar-refractivity contribution is 0.0952. The number of aromatic nitrogens is 1. The summed E-state index contributed by atoms with van der Waals surface area (Å²) in [6.07, 6.45) is 2.49. The molecule has 0 radical (unpaired) electrons. The highest BCUT2D eigenvalue weighted by Crippen LogP contribution is 2.25. The number of hydrogen-bond donors (Lipinski definition) is 2. The Bertz CT molecular complexity index is 686. The number of nitrogens with zero attached hydrogens (tertiary/aromatic N) is 2. The van der Waals surface area contributed by atoms with Crippen molar-refractivity contribution >= 4 is 29.0 Å². The van der Waals surface area contributed by atoms with Crippen molar-refractivity contribution in [1.82, 2.24) is 15.2 Å². The van der Waals surface area contributed by atoms with E-state index < -0.39 is 0 Å². The van der Waals surface area contributed by atoms with Gasteiger partial charge >= 0.3 is 0 Å². The van der Waals surface area contributed by atoms with Crippen molar-refractivity contribution in [2.45, 2.75) is 13.3 Å². The first-order valence-electron chi connectivity index (χ1n) is 7.88. The van der Waals surface area contributed by atoms with E-state index >= 15 is 0 Å². The van der Waals surface area contributed by atoms with Crippen LogP contribution in [0.1, 0.15) is 22.3 Å². The van der Waals surface area contributed by atoms with Gasteiger partial charge in [0.15, 0.2) is 0 Å². The molecule has 6 heteroatoms. The summed E-state index contributed by atoms with van der Waals surface area (Å²) in [4.78, 5) is 18.4. The second-order valence-electron chi connectivity index (χ2n) is 5.88. The van der Waals surface area contributed by atoms with Gasteiger partial charge in [-0.3, -0.25) is 4.79 Å². The minimum Gasteiger partial charge on any atom is -0.352 e. The van der Waals surface area contributed by atoms with Gasteiger partial charge < -0.3 is 15.5 Å². The molecule has 0 saturated carbocycles. The lowest BCUT2D eigenvalue weighted by Gasteiger charge is -2.11. The molecule has 24 heavy (non-hydrogen) atoms. The zero-order valence-corrected chi connectivity index (χ0v) is 15.0. The van der Waals surface area contributed by atoms with Gasteiger partial charge in [-0.05, 0) is 63.8 Å². The van der Waals surface area contributed by atoms with Crippen molar-refractivity contribution < 1.29 is 4.79 Å². The molecule has 1 aromatic carbocycles. The van der Waals surface area contributed by atoms with Gasteiger partial charge in [-0.1, -0.05) is 17.7 Å². The molecule has 1 amide bonds. The predicted octanol–water partition coefficient (Wildman–Crippen LogP) is 3.47. The summed E-state index contributed by atoms with van der Waals surface area (Å²) in [6, 6.07) is 9.21. The lowest BCUT2D eigenvalue weighted by atomic mass is 10.2. The van der Waals surface area contributed by atoms with Crippen LogP contribution >= 0.6 is 11.6 Å². The molecule has 0 aliphatic rings. The largest absolute Gasteiger partial charge is 0.352 e. The Morgan fingerprint density at radius 1 is 1.25 bits per heavy atom. The second kappa shape index (κ2) is 8.66. The molecule has 5 nitrogen and oxygen atoms in total. The molecule has 128 valence electrons. The number of carbonyl (C=O) groups excluding carboxylic acids is 1. The van der Waals surface area contributed by atoms with Crippen molar-refractivity contribution in [1.29, 1.82) is 0 Å². The summed E-state index contributed by atoms with van der Waals surface area (Å²) in [5.41, 5.74) is 2.41. The van der Waals surface area contributed by atoms with Gasteiger partial charge in [0.2, 0.25) is 0 Å². The molecule has 2 rings (SSSR count). The third-order valence-electron chi connectivity index (χ3n) is 3.62. The fraction of sp³-hybridized carbons (Fsp3) is 0.333. The van der Waals surface area contributed by atoms with E-state index in [-0.39, 0.29) is 5.91 Å². The first-order chi connectivity index (χ1) is 11.5. The van der Waals surface area contributed by atoms with Gasteiger partial charge in [-0.2, -0.15) is 0 Å². The van der Waals surface area contributed by atoms with Crippen molar-refractivity contribution in [3.63, 3.8) is 0 Å². The summed E-state index contributed by atoms with van der Waals surface area (Å²) in [5, 5.41) is 6.81. The Balaban J connectivity index is 1.93. The van der Waals surface area contributed by atoms with E-state index in [9.17, 15) is 4.79 Å². The van der Waals surface area contributed by atoms with Crippen LogP contribution < -0.4 is 10.6 Å². The lowest BCUT2D eigenvalue weighted by Crippen LogP contribution is -2.27. The molecule has 0 fully saturated rings. The normalized spacial score (nSPS) is 10.7. The van der Waals surface area contributed by atoms with E-state index in [1.807, 2.05) is 39.2 Å². The summed E-state index contributed by atoms with van der Waals surface area (Å²) in [7, 11) is 4.03. The van der Waals surface area contributed by atoms with Crippen molar-refractivity contribution in [3.05, 3.63) is 52.7 Å². The molecular weight excluding hydrogens is 324 g/mol. The molecule has 0 bridgehead atoms. The quantitative estimate of drug-likeness (QED) is 0.754. The van der Waals surface area contributed by atoms with E-state index in [2.05, 4.69) is 20.5 Å². The number of amides is 1. The maximum absolute atomic E-state index is 12.1. The third kappa shape index (κ3) is 5.22. The molecule has 0 saturated heterocycles. The average Bonchev–Trinajstić information content (AvgIpc) is 2.56. The smallest absolute Gasteiger partial charge is 0.252 e. The summed E-state index contributed by atoms with van der Waals surface area (Å²) in [5.74, 6) is 0.566. The van der Waals surface area contributed by atoms with Crippen LogP contribution in [0.4, 0.5) is 11.5 Å². The number of halogens is 1. The molecule has 0 atom stereocenters. The zero-order valence-electron chi connectivity index (χ0n) is 14.3. The number of hydrogen-bond acceptors (Lipinski definition) is 4. The van der Waals surface area contributed by atoms with Crippen molar-refractivity contribution in [3.8, 4) is 0 Å². The van der Waals surface area contributed by atoms with Crippen molar-refractivity contribution in [2.75, 3.05) is 32.5 Å². The number of rotatable bonds is 7. The Hall–Kier alpha value is -2.11. The van der Waals surface area contributed by atoms with Gasteiger partial charge in [-0.15, -0.1) is 0 Å². The number of pyridine rings is 1. The second-order valence-corrected chi connectivity index (χ2v) is 6.29. The van der Waals surface area contributed by atoms with Gasteiger partial charge in [0.1, 0.15) is 5.82 Å². The summed E-state index contributed by atoms with van der Waals surface area (Å²) >= 11 is 6.11. The topological polar surface area (TPSA) is 57.3 Å². The number of anilines is 2. The van der Waals surface area contributed by atoms with Gasteiger partial charge in [0, 0.05) is 23.5 Å².